The number of rotatable bonds is 3. The number of aromatic nitrogens is 1. The highest BCUT2D eigenvalue weighted by Gasteiger charge is 2.18. The molecule has 6 heteroatoms. The van der Waals surface area contributed by atoms with Crippen molar-refractivity contribution in [1.82, 2.24) is 4.98 Å². The Hall–Kier alpha value is -1.74. The van der Waals surface area contributed by atoms with Gasteiger partial charge in [-0.25, -0.2) is 13.8 Å². The smallest absolute Gasteiger partial charge is 0.264 e. The number of methoxy groups -OCH3 is 1. The summed E-state index contributed by atoms with van der Waals surface area (Å²) in [5.74, 6) is -0.0148. The van der Waals surface area contributed by atoms with Gasteiger partial charge in [-0.15, -0.1) is 0 Å². The van der Waals surface area contributed by atoms with Crippen LogP contribution in [0.5, 0.6) is 5.88 Å². The van der Waals surface area contributed by atoms with Crippen LogP contribution in [0.4, 0.5) is 8.78 Å². The molecule has 0 bridgehead atoms. The quantitative estimate of drug-likeness (QED) is 0.822. The van der Waals surface area contributed by atoms with E-state index in [9.17, 15) is 8.78 Å². The lowest BCUT2D eigenvalue weighted by atomic mass is 10.1. The van der Waals surface area contributed by atoms with Gasteiger partial charge < -0.3 is 10.5 Å². The first kappa shape index (κ1) is 11.3. The minimum Gasteiger partial charge on any atom is -0.481 e. The molecule has 0 atom stereocenters. The van der Waals surface area contributed by atoms with E-state index in [1.165, 1.54) is 7.11 Å². The molecule has 1 heterocycles. The van der Waals surface area contributed by atoms with E-state index in [-0.39, 0.29) is 29.2 Å². The van der Waals surface area contributed by atoms with Gasteiger partial charge in [0.25, 0.3) is 6.43 Å². The van der Waals surface area contributed by atoms with Crippen molar-refractivity contribution in [3.05, 3.63) is 22.9 Å². The van der Waals surface area contributed by atoms with E-state index in [1.807, 2.05) is 0 Å². The second-order valence-electron chi connectivity index (χ2n) is 2.70. The monoisotopic (exact) mass is 213 g/mol. The van der Waals surface area contributed by atoms with Gasteiger partial charge in [0.1, 0.15) is 11.8 Å². The maximum Gasteiger partial charge on any atom is 0.264 e. The SMILES string of the molecule is COc1cc(C(F)F)c(CN)c(C#N)n1. The summed E-state index contributed by atoms with van der Waals surface area (Å²) < 4.78 is 29.9. The number of pyridine rings is 1. The van der Waals surface area contributed by atoms with Gasteiger partial charge in [0.15, 0.2) is 0 Å². The van der Waals surface area contributed by atoms with Crippen molar-refractivity contribution in [2.24, 2.45) is 5.73 Å². The van der Waals surface area contributed by atoms with Gasteiger partial charge in [0.05, 0.1) is 7.11 Å². The fraction of sp³-hybridized carbons (Fsp3) is 0.333. The number of halogens is 2. The van der Waals surface area contributed by atoms with Gasteiger partial charge >= 0.3 is 0 Å². The molecule has 15 heavy (non-hydrogen) atoms. The van der Waals surface area contributed by atoms with Crippen molar-refractivity contribution in [1.29, 1.82) is 5.26 Å². The Morgan fingerprint density at radius 2 is 2.33 bits per heavy atom. The Labute approximate surface area is 85.3 Å². The van der Waals surface area contributed by atoms with Crippen molar-refractivity contribution < 1.29 is 13.5 Å². The number of hydrogen-bond donors (Lipinski definition) is 1. The first-order chi connectivity index (χ1) is 7.13. The second-order valence-corrected chi connectivity index (χ2v) is 2.70. The van der Waals surface area contributed by atoms with E-state index < -0.39 is 6.43 Å². The van der Waals surface area contributed by atoms with Crippen LogP contribution in [0.15, 0.2) is 6.07 Å². The van der Waals surface area contributed by atoms with E-state index in [1.54, 1.807) is 6.07 Å². The van der Waals surface area contributed by atoms with E-state index in [0.717, 1.165) is 6.07 Å². The molecule has 1 rings (SSSR count). The number of nitrogens with zero attached hydrogens (tertiary/aromatic N) is 2. The van der Waals surface area contributed by atoms with Crippen molar-refractivity contribution in [3.8, 4) is 11.9 Å². The zero-order valence-corrected chi connectivity index (χ0v) is 8.00. The maximum atomic E-state index is 12.6. The van der Waals surface area contributed by atoms with Crippen LogP contribution in [-0.2, 0) is 6.54 Å². The third kappa shape index (κ3) is 2.19. The zero-order chi connectivity index (χ0) is 11.4. The highest BCUT2D eigenvalue weighted by Crippen LogP contribution is 2.27. The standard InChI is InChI=1S/C9H9F2N3O/c1-15-8-2-5(9(10)11)6(3-12)7(4-13)14-8/h2,9H,3,12H2,1H3. The third-order valence-electron chi connectivity index (χ3n) is 1.89. The lowest BCUT2D eigenvalue weighted by Gasteiger charge is -2.09. The molecule has 0 saturated heterocycles. The minimum atomic E-state index is -2.70. The van der Waals surface area contributed by atoms with E-state index in [0.29, 0.717) is 0 Å². The van der Waals surface area contributed by atoms with Crippen molar-refractivity contribution in [2.45, 2.75) is 13.0 Å². The molecule has 4 nitrogen and oxygen atoms in total. The van der Waals surface area contributed by atoms with Gasteiger partial charge in [-0.2, -0.15) is 5.26 Å². The summed E-state index contributed by atoms with van der Waals surface area (Å²) in [5.41, 5.74) is 4.93. The normalized spacial score (nSPS) is 10.1. The molecule has 2 N–H and O–H groups in total. The van der Waals surface area contributed by atoms with Crippen LogP contribution in [0.2, 0.25) is 0 Å². The van der Waals surface area contributed by atoms with Crippen LogP contribution in [0.1, 0.15) is 23.2 Å². The molecule has 0 fully saturated rings. The van der Waals surface area contributed by atoms with E-state index in [2.05, 4.69) is 4.98 Å². The topological polar surface area (TPSA) is 71.9 Å². The number of ether oxygens (including phenoxy) is 1. The molecule has 1 aromatic heterocycles. The summed E-state index contributed by atoms with van der Waals surface area (Å²) in [4.78, 5) is 3.73. The van der Waals surface area contributed by atoms with Crippen LogP contribution in [0, 0.1) is 11.3 Å². The molecule has 0 radical (unpaired) electrons. The van der Waals surface area contributed by atoms with Gasteiger partial charge in [-0.05, 0) is 0 Å². The third-order valence-corrected chi connectivity index (χ3v) is 1.89. The fourth-order valence-corrected chi connectivity index (χ4v) is 1.17. The molecule has 0 saturated carbocycles. The Bertz CT molecular complexity index is 401. The maximum absolute atomic E-state index is 12.6. The molecule has 0 spiro atoms. The Balaban J connectivity index is 3.41. The van der Waals surface area contributed by atoms with Crippen molar-refractivity contribution in [3.63, 3.8) is 0 Å². The summed E-state index contributed by atoms with van der Waals surface area (Å²) in [6.45, 7) is -0.153. The van der Waals surface area contributed by atoms with Crippen LogP contribution in [-0.4, -0.2) is 12.1 Å². The van der Waals surface area contributed by atoms with Crippen LogP contribution < -0.4 is 10.5 Å². The van der Waals surface area contributed by atoms with Crippen molar-refractivity contribution >= 4 is 0 Å². The lowest BCUT2D eigenvalue weighted by Crippen LogP contribution is -2.08. The Morgan fingerprint density at radius 3 is 2.73 bits per heavy atom. The summed E-state index contributed by atoms with van der Waals surface area (Å²) in [7, 11) is 1.29. The number of nitrogens with two attached hydrogens (primary N) is 1. The predicted octanol–water partition coefficient (Wildman–Crippen LogP) is 1.36. The molecule has 1 aromatic rings. The summed E-state index contributed by atoms with van der Waals surface area (Å²) in [5, 5.41) is 8.71. The molecular formula is C9H9F2N3O. The molecule has 0 unspecified atom stereocenters. The Kier molecular flexibility index (Phi) is 3.52. The van der Waals surface area contributed by atoms with Gasteiger partial charge in [0.2, 0.25) is 5.88 Å². The van der Waals surface area contributed by atoms with Crippen molar-refractivity contribution in [2.75, 3.05) is 7.11 Å². The van der Waals surface area contributed by atoms with Gasteiger partial charge in [0, 0.05) is 23.7 Å². The summed E-state index contributed by atoms with van der Waals surface area (Å²) in [6, 6.07) is 2.80. The summed E-state index contributed by atoms with van der Waals surface area (Å²) >= 11 is 0. The Morgan fingerprint density at radius 1 is 1.67 bits per heavy atom. The largest absolute Gasteiger partial charge is 0.481 e. The minimum absolute atomic E-state index is 0.0148. The molecule has 0 aromatic carbocycles. The first-order valence-corrected chi connectivity index (χ1v) is 4.10. The second kappa shape index (κ2) is 4.66. The molecule has 0 aliphatic carbocycles. The molecule has 0 aliphatic rings. The first-order valence-electron chi connectivity index (χ1n) is 4.10. The average molecular weight is 213 g/mol. The number of alkyl halides is 2. The van der Waals surface area contributed by atoms with Crippen LogP contribution in [0.25, 0.3) is 0 Å². The highest BCUT2D eigenvalue weighted by atomic mass is 19.3. The van der Waals surface area contributed by atoms with Crippen LogP contribution >= 0.6 is 0 Å². The highest BCUT2D eigenvalue weighted by molar-refractivity contribution is 5.41. The van der Waals surface area contributed by atoms with E-state index >= 15 is 0 Å². The lowest BCUT2D eigenvalue weighted by molar-refractivity contribution is 0.149. The predicted molar refractivity (Wildman–Crippen MR) is 48.4 cm³/mol. The fourth-order valence-electron chi connectivity index (χ4n) is 1.17. The molecular weight excluding hydrogens is 204 g/mol. The van der Waals surface area contributed by atoms with Gasteiger partial charge in [-0.1, -0.05) is 0 Å². The number of nitriles is 1. The average Bonchev–Trinajstić information content (AvgIpc) is 2.26. The van der Waals surface area contributed by atoms with Crippen LogP contribution in [0.3, 0.4) is 0 Å². The van der Waals surface area contributed by atoms with E-state index in [4.69, 9.17) is 15.7 Å². The number of hydrogen-bond acceptors (Lipinski definition) is 4. The molecule has 80 valence electrons. The zero-order valence-electron chi connectivity index (χ0n) is 8.00. The molecule has 0 amide bonds. The summed E-state index contributed by atoms with van der Waals surface area (Å²) in [6.07, 6.45) is -2.70. The molecule has 0 aliphatic heterocycles. The van der Waals surface area contributed by atoms with Gasteiger partial charge in [-0.3, -0.25) is 0 Å².